The number of hydrogen-bond acceptors (Lipinski definition) is 16. The molecular formula is C32H38ClN7O11. The van der Waals surface area contributed by atoms with Crippen molar-refractivity contribution in [1.29, 1.82) is 0 Å². The summed E-state index contributed by atoms with van der Waals surface area (Å²) in [5, 5.41) is 28.5. The summed E-state index contributed by atoms with van der Waals surface area (Å²) in [6.07, 6.45) is -0.767. The Balaban J connectivity index is 1.46. The van der Waals surface area contributed by atoms with E-state index in [1.165, 1.54) is 6.92 Å². The second-order valence-corrected chi connectivity index (χ2v) is 10.9. The second kappa shape index (κ2) is 19.4. The van der Waals surface area contributed by atoms with Gasteiger partial charge in [0.2, 0.25) is 12.1 Å². The standard InChI is InChI=1S/C32H38ClN7O11/c1-4-6-11-26-34-28(33)27(30(41)50-21(3)51-32(43)47-5-2)38(26)20-22-12-14-23(15-13-22)24-9-7-8-10-25(24)29-35-37-39(36-29)31(42)48-18-16-46-17-19-49-40(44)45/h7-10,12-15,21,44-45H,4-6,11,16-20H2,1-3H3. The largest absolute Gasteiger partial charge is 0.511 e. The number of carbonyl (C=O) groups excluding carboxylic acids is 3. The molecule has 1 unspecified atom stereocenters. The normalized spacial score (nSPS) is 11.7. The molecule has 0 aliphatic heterocycles. The van der Waals surface area contributed by atoms with Crippen molar-refractivity contribution in [3.63, 3.8) is 0 Å². The molecule has 0 amide bonds. The molecule has 0 fully saturated rings. The summed E-state index contributed by atoms with van der Waals surface area (Å²) in [6.45, 7) is 5.23. The maximum absolute atomic E-state index is 13.2. The predicted molar refractivity (Wildman–Crippen MR) is 176 cm³/mol. The number of tetrazole rings is 1. The van der Waals surface area contributed by atoms with Crippen LogP contribution in [0.25, 0.3) is 22.5 Å². The number of rotatable bonds is 18. The number of imidazole rings is 1. The number of ether oxygens (including phenoxy) is 5. The van der Waals surface area contributed by atoms with Crippen molar-refractivity contribution in [2.45, 2.75) is 52.9 Å². The van der Waals surface area contributed by atoms with Gasteiger partial charge in [-0.05, 0) is 35.2 Å². The van der Waals surface area contributed by atoms with Crippen LogP contribution in [0.15, 0.2) is 48.5 Å². The van der Waals surface area contributed by atoms with Crippen LogP contribution in [0.3, 0.4) is 0 Å². The minimum atomic E-state index is -1.23. The fraction of sp³-hybridized carbons (Fsp3) is 0.406. The highest BCUT2D eigenvalue weighted by Gasteiger charge is 2.26. The SMILES string of the molecule is CCCCc1nc(Cl)c(C(=O)OC(C)OC(=O)OCC)n1Cc1ccc(-c2ccccc2-c2nnn(C(=O)OCCOCCON(O)O)n2)cc1. The van der Waals surface area contributed by atoms with Crippen molar-refractivity contribution in [1.82, 2.24) is 35.1 Å². The molecule has 2 heterocycles. The molecule has 4 rings (SSSR count). The minimum absolute atomic E-state index is 0.0248. The van der Waals surface area contributed by atoms with Crippen LogP contribution in [0.4, 0.5) is 9.59 Å². The lowest BCUT2D eigenvalue weighted by Crippen LogP contribution is -2.24. The molecule has 0 saturated heterocycles. The van der Waals surface area contributed by atoms with Crippen LogP contribution < -0.4 is 0 Å². The molecule has 18 nitrogen and oxygen atoms in total. The molecule has 0 radical (unpaired) electrons. The van der Waals surface area contributed by atoms with Crippen LogP contribution in [0.5, 0.6) is 0 Å². The molecule has 0 aliphatic carbocycles. The Labute approximate surface area is 297 Å². The van der Waals surface area contributed by atoms with Gasteiger partial charge in [-0.1, -0.05) is 78.3 Å². The molecule has 19 heteroatoms. The summed E-state index contributed by atoms with van der Waals surface area (Å²) in [5.74, 6) is -0.00980. The Kier molecular flexibility index (Phi) is 14.8. The van der Waals surface area contributed by atoms with Gasteiger partial charge in [0.1, 0.15) is 12.4 Å². The van der Waals surface area contributed by atoms with Gasteiger partial charge < -0.3 is 28.3 Å². The van der Waals surface area contributed by atoms with Crippen molar-refractivity contribution < 1.29 is 53.3 Å². The third kappa shape index (κ3) is 11.3. The number of nitrogens with zero attached hydrogens (tertiary/aromatic N) is 7. The first kappa shape index (κ1) is 38.8. The van der Waals surface area contributed by atoms with E-state index in [0.29, 0.717) is 17.8 Å². The number of aryl methyl sites for hydroxylation is 1. The molecule has 2 aromatic heterocycles. The summed E-state index contributed by atoms with van der Waals surface area (Å²) in [4.78, 5) is 46.8. The van der Waals surface area contributed by atoms with E-state index in [1.54, 1.807) is 23.6 Å². The fourth-order valence-electron chi connectivity index (χ4n) is 4.70. The zero-order valence-corrected chi connectivity index (χ0v) is 28.9. The van der Waals surface area contributed by atoms with Crippen molar-refractivity contribution >= 4 is 29.8 Å². The summed E-state index contributed by atoms with van der Waals surface area (Å²) >= 11 is 6.45. The average Bonchev–Trinajstić information content (AvgIpc) is 3.71. The zero-order valence-electron chi connectivity index (χ0n) is 28.1. The van der Waals surface area contributed by atoms with Crippen LogP contribution in [-0.4, -0.2) is 103 Å². The van der Waals surface area contributed by atoms with Gasteiger partial charge >= 0.3 is 18.2 Å². The summed E-state index contributed by atoms with van der Waals surface area (Å²) in [5.41, 5.74) is 3.07. The van der Waals surface area contributed by atoms with Crippen molar-refractivity contribution in [2.75, 3.05) is 33.0 Å². The first-order valence-electron chi connectivity index (χ1n) is 15.9. The molecule has 4 aromatic rings. The number of esters is 1. The van der Waals surface area contributed by atoms with E-state index in [2.05, 4.69) is 25.2 Å². The van der Waals surface area contributed by atoms with E-state index in [1.807, 2.05) is 43.3 Å². The van der Waals surface area contributed by atoms with E-state index in [-0.39, 0.29) is 56.3 Å². The number of halogens is 1. The van der Waals surface area contributed by atoms with Gasteiger partial charge in [0.25, 0.3) is 0 Å². The molecule has 0 saturated carbocycles. The fourth-order valence-corrected chi connectivity index (χ4v) is 4.98. The highest BCUT2D eigenvalue weighted by atomic mass is 35.5. The number of unbranched alkanes of at least 4 members (excludes halogenated alkanes) is 1. The van der Waals surface area contributed by atoms with Gasteiger partial charge in [-0.25, -0.2) is 24.2 Å². The number of aromatic nitrogens is 6. The molecule has 0 aliphatic rings. The van der Waals surface area contributed by atoms with Crippen molar-refractivity contribution in [2.24, 2.45) is 0 Å². The first-order valence-corrected chi connectivity index (χ1v) is 16.3. The van der Waals surface area contributed by atoms with E-state index >= 15 is 0 Å². The van der Waals surface area contributed by atoms with Crippen LogP contribution in [0.2, 0.25) is 5.15 Å². The van der Waals surface area contributed by atoms with Gasteiger partial charge in [-0.3, -0.25) is 10.4 Å². The highest BCUT2D eigenvalue weighted by molar-refractivity contribution is 6.32. The Morgan fingerprint density at radius 3 is 2.37 bits per heavy atom. The molecule has 2 aromatic carbocycles. The van der Waals surface area contributed by atoms with Crippen LogP contribution >= 0.6 is 11.6 Å². The molecule has 2 N–H and O–H groups in total. The average molecular weight is 732 g/mol. The minimum Gasteiger partial charge on any atom is -0.444 e. The van der Waals surface area contributed by atoms with Gasteiger partial charge in [-0.15, -0.1) is 10.2 Å². The number of benzene rings is 2. The summed E-state index contributed by atoms with van der Waals surface area (Å²) < 4.78 is 27.0. The number of carbonyl (C=O) groups is 3. The smallest absolute Gasteiger partial charge is 0.444 e. The summed E-state index contributed by atoms with van der Waals surface area (Å²) in [7, 11) is 0. The van der Waals surface area contributed by atoms with Crippen molar-refractivity contribution in [3.8, 4) is 22.5 Å². The quantitative estimate of drug-likeness (QED) is 0.0456. The van der Waals surface area contributed by atoms with Gasteiger partial charge in [0.15, 0.2) is 10.8 Å². The summed E-state index contributed by atoms with van der Waals surface area (Å²) in [6, 6.07) is 14.9. The van der Waals surface area contributed by atoms with E-state index in [4.69, 9.17) is 45.7 Å². The molecule has 1 atom stereocenters. The third-order valence-corrected chi connectivity index (χ3v) is 7.25. The topological polar surface area (TPSA) is 212 Å². The van der Waals surface area contributed by atoms with Crippen LogP contribution in [0, 0.1) is 0 Å². The first-order chi connectivity index (χ1) is 24.6. The monoisotopic (exact) mass is 731 g/mol. The Morgan fingerprint density at radius 1 is 0.941 bits per heavy atom. The molecule has 0 spiro atoms. The molecular weight excluding hydrogens is 694 g/mol. The lowest BCUT2D eigenvalue weighted by atomic mass is 9.98. The Hall–Kier alpha value is -4.98. The van der Waals surface area contributed by atoms with E-state index in [9.17, 15) is 14.4 Å². The molecule has 274 valence electrons. The maximum atomic E-state index is 13.2. The van der Waals surface area contributed by atoms with E-state index < -0.39 is 29.9 Å². The second-order valence-electron chi connectivity index (χ2n) is 10.6. The van der Waals surface area contributed by atoms with Gasteiger partial charge in [-0.2, -0.15) is 0 Å². The lowest BCUT2D eigenvalue weighted by Gasteiger charge is -2.16. The zero-order chi connectivity index (χ0) is 36.8. The lowest BCUT2D eigenvalue weighted by molar-refractivity contribution is -0.493. The Morgan fingerprint density at radius 2 is 1.67 bits per heavy atom. The van der Waals surface area contributed by atoms with Gasteiger partial charge in [0, 0.05) is 25.5 Å². The van der Waals surface area contributed by atoms with Crippen LogP contribution in [-0.2, 0) is 41.5 Å². The molecule has 51 heavy (non-hydrogen) atoms. The molecule has 0 bridgehead atoms. The number of hydrogen-bond donors (Lipinski definition) is 2. The third-order valence-electron chi connectivity index (χ3n) is 6.99. The van der Waals surface area contributed by atoms with Crippen LogP contribution in [0.1, 0.15) is 55.5 Å². The Bertz CT molecular complexity index is 1750. The van der Waals surface area contributed by atoms with E-state index in [0.717, 1.165) is 34.3 Å². The predicted octanol–water partition coefficient (Wildman–Crippen LogP) is 4.94. The maximum Gasteiger partial charge on any atom is 0.511 e. The van der Waals surface area contributed by atoms with Gasteiger partial charge in [0.05, 0.1) is 31.8 Å². The van der Waals surface area contributed by atoms with Crippen molar-refractivity contribution in [3.05, 3.63) is 70.8 Å². The highest BCUT2D eigenvalue weighted by Crippen LogP contribution is 2.30.